The Kier molecular flexibility index (Phi) is 7.75. The van der Waals surface area contributed by atoms with Gasteiger partial charge in [-0.1, -0.05) is 32.0 Å². The van der Waals surface area contributed by atoms with Crippen LogP contribution < -0.4 is 5.73 Å². The van der Waals surface area contributed by atoms with Crippen molar-refractivity contribution in [3.63, 3.8) is 0 Å². The number of hydrogen-bond acceptors (Lipinski definition) is 2. The van der Waals surface area contributed by atoms with Crippen LogP contribution in [0, 0.1) is 5.92 Å². The molecule has 0 spiro atoms. The number of carbonyl (C=O) groups excluding carboxylic acids is 1. The van der Waals surface area contributed by atoms with Crippen LogP contribution in [0.4, 0.5) is 13.2 Å². The molecular weight excluding hydrogens is 353 g/mol. The van der Waals surface area contributed by atoms with Gasteiger partial charge in [0.25, 0.3) is 0 Å². The largest absolute Gasteiger partial charge is 0.416 e. The lowest BCUT2D eigenvalue weighted by Gasteiger charge is -2.38. The Balaban J connectivity index is 0.00000312. The van der Waals surface area contributed by atoms with Gasteiger partial charge in [0.05, 0.1) is 5.56 Å². The molecule has 3 unspecified atom stereocenters. The molecule has 1 aliphatic heterocycles. The van der Waals surface area contributed by atoms with Crippen molar-refractivity contribution >= 4 is 18.3 Å². The molecule has 0 aromatic heterocycles. The highest BCUT2D eigenvalue weighted by molar-refractivity contribution is 5.85. The monoisotopic (exact) mass is 378 g/mol. The summed E-state index contributed by atoms with van der Waals surface area (Å²) in [5.41, 5.74) is 5.29. The van der Waals surface area contributed by atoms with E-state index in [1.54, 1.807) is 17.9 Å². The van der Waals surface area contributed by atoms with Crippen molar-refractivity contribution in [2.45, 2.75) is 51.2 Å². The van der Waals surface area contributed by atoms with E-state index in [0.717, 1.165) is 18.9 Å². The third kappa shape index (κ3) is 5.35. The van der Waals surface area contributed by atoms with E-state index in [0.29, 0.717) is 19.0 Å². The van der Waals surface area contributed by atoms with Crippen LogP contribution in [0.1, 0.15) is 50.2 Å². The van der Waals surface area contributed by atoms with Crippen LogP contribution in [0.15, 0.2) is 24.3 Å². The van der Waals surface area contributed by atoms with Crippen LogP contribution in [-0.4, -0.2) is 29.9 Å². The Morgan fingerprint density at radius 3 is 2.60 bits per heavy atom. The van der Waals surface area contributed by atoms with E-state index in [9.17, 15) is 18.0 Å². The van der Waals surface area contributed by atoms with E-state index in [2.05, 4.69) is 6.92 Å². The van der Waals surface area contributed by atoms with E-state index >= 15 is 0 Å². The van der Waals surface area contributed by atoms with Gasteiger partial charge in [-0.2, -0.15) is 13.2 Å². The van der Waals surface area contributed by atoms with Gasteiger partial charge in [0.2, 0.25) is 5.91 Å². The normalized spacial score (nSPS) is 22.2. The van der Waals surface area contributed by atoms with Gasteiger partial charge >= 0.3 is 6.18 Å². The highest BCUT2D eigenvalue weighted by atomic mass is 35.5. The molecule has 2 rings (SSSR count). The zero-order valence-corrected chi connectivity index (χ0v) is 15.4. The SMILES string of the molecule is CC1CCN(C(=O)CC(C)c2ccccc2C(F)(F)F)C(CN)C1.Cl. The van der Waals surface area contributed by atoms with E-state index in [1.165, 1.54) is 12.1 Å². The van der Waals surface area contributed by atoms with Crippen molar-refractivity contribution in [1.29, 1.82) is 0 Å². The van der Waals surface area contributed by atoms with Gasteiger partial charge in [0, 0.05) is 25.6 Å². The average Bonchev–Trinajstić information content (AvgIpc) is 2.53. The minimum Gasteiger partial charge on any atom is -0.338 e. The molecule has 0 saturated carbocycles. The topological polar surface area (TPSA) is 46.3 Å². The molecule has 1 amide bonds. The average molecular weight is 379 g/mol. The number of halogens is 4. The standard InChI is InChI=1S/C18H25F3N2O.ClH/c1-12-7-8-23(14(9-12)11-22)17(24)10-13(2)15-5-3-4-6-16(15)18(19,20)21;/h3-6,12-14H,7-11,22H2,1-2H3;1H. The molecule has 25 heavy (non-hydrogen) atoms. The van der Waals surface area contributed by atoms with Crippen molar-refractivity contribution in [1.82, 2.24) is 4.90 Å². The smallest absolute Gasteiger partial charge is 0.338 e. The minimum absolute atomic E-state index is 0. The van der Waals surface area contributed by atoms with Crippen molar-refractivity contribution in [3.8, 4) is 0 Å². The number of likely N-dealkylation sites (tertiary alicyclic amines) is 1. The third-order valence-corrected chi connectivity index (χ3v) is 4.85. The summed E-state index contributed by atoms with van der Waals surface area (Å²) < 4.78 is 39.4. The van der Waals surface area contributed by atoms with Crippen LogP contribution >= 0.6 is 12.4 Å². The Labute approximate surface area is 153 Å². The molecule has 2 N–H and O–H groups in total. The van der Waals surface area contributed by atoms with Crippen molar-refractivity contribution in [2.75, 3.05) is 13.1 Å². The van der Waals surface area contributed by atoms with Gasteiger partial charge in [-0.05, 0) is 36.3 Å². The zero-order valence-electron chi connectivity index (χ0n) is 14.6. The molecule has 1 aromatic carbocycles. The van der Waals surface area contributed by atoms with Crippen LogP contribution in [0.3, 0.4) is 0 Å². The predicted octanol–water partition coefficient (Wildman–Crippen LogP) is 4.21. The zero-order chi connectivity index (χ0) is 17.9. The summed E-state index contributed by atoms with van der Waals surface area (Å²) in [7, 11) is 0. The molecular formula is C18H26ClF3N2O. The Bertz CT molecular complexity index is 580. The van der Waals surface area contributed by atoms with E-state index in [1.807, 2.05) is 0 Å². The molecule has 7 heteroatoms. The summed E-state index contributed by atoms with van der Waals surface area (Å²) in [4.78, 5) is 14.4. The molecule has 0 aliphatic carbocycles. The predicted molar refractivity (Wildman–Crippen MR) is 94.7 cm³/mol. The fraction of sp³-hybridized carbons (Fsp3) is 0.611. The molecule has 1 fully saturated rings. The lowest BCUT2D eigenvalue weighted by molar-refractivity contribution is -0.139. The molecule has 3 atom stereocenters. The quantitative estimate of drug-likeness (QED) is 0.853. The van der Waals surface area contributed by atoms with Gasteiger partial charge in [-0.25, -0.2) is 0 Å². The van der Waals surface area contributed by atoms with Gasteiger partial charge in [0.15, 0.2) is 0 Å². The number of carbonyl (C=O) groups is 1. The molecule has 0 radical (unpaired) electrons. The maximum Gasteiger partial charge on any atom is 0.416 e. The number of nitrogens with zero attached hydrogens (tertiary/aromatic N) is 1. The number of hydrogen-bond donors (Lipinski definition) is 1. The molecule has 1 heterocycles. The Morgan fingerprint density at radius 1 is 1.36 bits per heavy atom. The fourth-order valence-corrected chi connectivity index (χ4v) is 3.48. The van der Waals surface area contributed by atoms with E-state index in [4.69, 9.17) is 5.73 Å². The molecule has 1 aromatic rings. The second-order valence-electron chi connectivity index (χ2n) is 6.80. The second kappa shape index (κ2) is 8.90. The van der Waals surface area contributed by atoms with Gasteiger partial charge < -0.3 is 10.6 Å². The maximum atomic E-state index is 13.1. The van der Waals surface area contributed by atoms with Gasteiger partial charge in [0.1, 0.15) is 0 Å². The highest BCUT2D eigenvalue weighted by Crippen LogP contribution is 2.36. The minimum atomic E-state index is -4.41. The van der Waals surface area contributed by atoms with Crippen LogP contribution in [0.25, 0.3) is 0 Å². The molecule has 3 nitrogen and oxygen atoms in total. The summed E-state index contributed by atoms with van der Waals surface area (Å²) in [6.45, 7) is 4.83. The highest BCUT2D eigenvalue weighted by Gasteiger charge is 2.35. The first-order valence-electron chi connectivity index (χ1n) is 8.39. The fourth-order valence-electron chi connectivity index (χ4n) is 3.48. The molecule has 142 valence electrons. The first kappa shape index (κ1) is 21.8. The van der Waals surface area contributed by atoms with E-state index in [-0.39, 0.29) is 36.3 Å². The summed E-state index contributed by atoms with van der Waals surface area (Å²) in [6, 6.07) is 5.47. The van der Waals surface area contributed by atoms with Crippen molar-refractivity contribution in [2.24, 2.45) is 11.7 Å². The lowest BCUT2D eigenvalue weighted by Crippen LogP contribution is -2.49. The number of alkyl halides is 3. The van der Waals surface area contributed by atoms with Gasteiger partial charge in [-0.15, -0.1) is 12.4 Å². The number of nitrogens with two attached hydrogens (primary N) is 1. The second-order valence-corrected chi connectivity index (χ2v) is 6.80. The van der Waals surface area contributed by atoms with Crippen LogP contribution in [0.2, 0.25) is 0 Å². The summed E-state index contributed by atoms with van der Waals surface area (Å²) >= 11 is 0. The van der Waals surface area contributed by atoms with Crippen LogP contribution in [0.5, 0.6) is 0 Å². The van der Waals surface area contributed by atoms with Crippen molar-refractivity contribution < 1.29 is 18.0 Å². The summed E-state index contributed by atoms with van der Waals surface area (Å²) in [5.74, 6) is -0.0825. The summed E-state index contributed by atoms with van der Waals surface area (Å²) in [6.07, 6.45) is -2.57. The molecule has 0 bridgehead atoms. The Morgan fingerprint density at radius 2 is 2.00 bits per heavy atom. The number of amides is 1. The first-order chi connectivity index (χ1) is 11.2. The maximum absolute atomic E-state index is 13.1. The third-order valence-electron chi connectivity index (χ3n) is 4.85. The summed E-state index contributed by atoms with van der Waals surface area (Å²) in [5, 5.41) is 0. The Hall–Kier alpha value is -1.27. The molecule has 1 saturated heterocycles. The van der Waals surface area contributed by atoms with E-state index < -0.39 is 17.7 Å². The number of rotatable bonds is 4. The lowest BCUT2D eigenvalue weighted by atomic mass is 9.89. The first-order valence-corrected chi connectivity index (χ1v) is 8.39. The van der Waals surface area contributed by atoms with Gasteiger partial charge in [-0.3, -0.25) is 4.79 Å². The number of benzene rings is 1. The number of piperidine rings is 1. The van der Waals surface area contributed by atoms with Crippen molar-refractivity contribution in [3.05, 3.63) is 35.4 Å². The molecule has 1 aliphatic rings. The van der Waals surface area contributed by atoms with Crippen LogP contribution in [-0.2, 0) is 11.0 Å².